The predicted molar refractivity (Wildman–Crippen MR) is 101 cm³/mol. The van der Waals surface area contributed by atoms with E-state index in [4.69, 9.17) is 9.47 Å². The lowest BCUT2D eigenvalue weighted by atomic mass is 10.2. The third-order valence-corrected chi connectivity index (χ3v) is 3.18. The van der Waals surface area contributed by atoms with E-state index in [9.17, 15) is 19.2 Å². The number of rotatable bonds is 8. The van der Waals surface area contributed by atoms with Gasteiger partial charge in [-0.25, -0.2) is 9.59 Å². The van der Waals surface area contributed by atoms with Crippen LogP contribution in [0.15, 0.2) is 24.3 Å². The Balaban J connectivity index is 2.23. The zero-order valence-corrected chi connectivity index (χ0v) is 16.5. The number of anilines is 1. The van der Waals surface area contributed by atoms with Crippen LogP contribution in [-0.4, -0.2) is 49.8 Å². The minimum Gasteiger partial charge on any atom is -0.465 e. The van der Waals surface area contributed by atoms with Crippen molar-refractivity contribution in [1.29, 1.82) is 0 Å². The zero-order valence-electron chi connectivity index (χ0n) is 16.5. The van der Waals surface area contributed by atoms with Crippen LogP contribution in [0.3, 0.4) is 0 Å². The van der Waals surface area contributed by atoms with E-state index in [2.05, 4.69) is 15.4 Å². The number of hydrogen-bond acceptors (Lipinski definition) is 7. The molecule has 2 N–H and O–H groups in total. The molecule has 9 heteroatoms. The standard InChI is InChI=1S/C19H26N2O7/c1-19(2,3)28-18(25)20-11-5-6-16(23)27-12-15(22)21-14-9-7-13(8-10-14)17(24)26-4/h7-10H,5-6,11-12H2,1-4H3,(H,20,25)(H,21,22). The van der Waals surface area contributed by atoms with Gasteiger partial charge in [0.15, 0.2) is 6.61 Å². The molecular weight excluding hydrogens is 368 g/mol. The van der Waals surface area contributed by atoms with Crippen LogP contribution in [0.25, 0.3) is 0 Å². The first-order valence-electron chi connectivity index (χ1n) is 8.71. The van der Waals surface area contributed by atoms with Gasteiger partial charge in [0, 0.05) is 18.7 Å². The van der Waals surface area contributed by atoms with E-state index in [0.29, 0.717) is 17.7 Å². The lowest BCUT2D eigenvalue weighted by molar-refractivity contribution is -0.147. The highest BCUT2D eigenvalue weighted by atomic mass is 16.6. The monoisotopic (exact) mass is 394 g/mol. The second kappa shape index (κ2) is 10.9. The molecule has 0 aromatic heterocycles. The first-order valence-corrected chi connectivity index (χ1v) is 8.71. The minimum atomic E-state index is -0.587. The number of methoxy groups -OCH3 is 1. The van der Waals surface area contributed by atoms with Crippen molar-refractivity contribution in [3.8, 4) is 0 Å². The number of esters is 2. The van der Waals surface area contributed by atoms with Gasteiger partial charge in [0.2, 0.25) is 0 Å². The molecule has 1 aromatic carbocycles. The van der Waals surface area contributed by atoms with Crippen molar-refractivity contribution in [2.45, 2.75) is 39.2 Å². The van der Waals surface area contributed by atoms with Crippen molar-refractivity contribution in [2.75, 3.05) is 25.6 Å². The molecule has 0 bridgehead atoms. The van der Waals surface area contributed by atoms with Gasteiger partial charge >= 0.3 is 18.0 Å². The normalized spacial score (nSPS) is 10.6. The van der Waals surface area contributed by atoms with Crippen LogP contribution < -0.4 is 10.6 Å². The summed E-state index contributed by atoms with van der Waals surface area (Å²) in [7, 11) is 1.28. The number of alkyl carbamates (subject to hydrolysis) is 1. The number of amides is 2. The fourth-order valence-corrected chi connectivity index (χ4v) is 1.96. The highest BCUT2D eigenvalue weighted by Crippen LogP contribution is 2.10. The molecule has 2 amide bonds. The highest BCUT2D eigenvalue weighted by molar-refractivity contribution is 5.94. The number of ether oxygens (including phenoxy) is 3. The van der Waals surface area contributed by atoms with E-state index in [1.807, 2.05) is 0 Å². The van der Waals surface area contributed by atoms with E-state index in [1.54, 1.807) is 20.8 Å². The SMILES string of the molecule is COC(=O)c1ccc(NC(=O)COC(=O)CCCNC(=O)OC(C)(C)C)cc1. The molecule has 28 heavy (non-hydrogen) atoms. The Morgan fingerprint density at radius 3 is 2.25 bits per heavy atom. The van der Waals surface area contributed by atoms with Gasteiger partial charge in [-0.2, -0.15) is 0 Å². The van der Waals surface area contributed by atoms with E-state index < -0.39 is 36.1 Å². The van der Waals surface area contributed by atoms with Crippen LogP contribution in [0, 0.1) is 0 Å². The Morgan fingerprint density at radius 1 is 1.04 bits per heavy atom. The molecule has 1 aromatic rings. The first kappa shape index (κ1) is 22.9. The van der Waals surface area contributed by atoms with E-state index in [0.717, 1.165) is 0 Å². The van der Waals surface area contributed by atoms with E-state index in [1.165, 1.54) is 31.4 Å². The molecule has 0 unspecified atom stereocenters. The molecule has 1 rings (SSSR count). The quantitative estimate of drug-likeness (QED) is 0.394. The third kappa shape index (κ3) is 9.56. The molecule has 0 atom stereocenters. The van der Waals surface area contributed by atoms with Crippen molar-refractivity contribution in [3.63, 3.8) is 0 Å². The molecule has 9 nitrogen and oxygen atoms in total. The number of nitrogens with one attached hydrogen (secondary N) is 2. The summed E-state index contributed by atoms with van der Waals surface area (Å²) in [6, 6.07) is 6.08. The van der Waals surface area contributed by atoms with E-state index >= 15 is 0 Å². The molecule has 0 aliphatic carbocycles. The smallest absolute Gasteiger partial charge is 0.407 e. The van der Waals surface area contributed by atoms with Crippen molar-refractivity contribution in [2.24, 2.45) is 0 Å². The topological polar surface area (TPSA) is 120 Å². The molecule has 154 valence electrons. The van der Waals surface area contributed by atoms with Crippen LogP contribution in [0.5, 0.6) is 0 Å². The maximum absolute atomic E-state index is 11.8. The molecule has 0 aliphatic rings. The summed E-state index contributed by atoms with van der Waals surface area (Å²) in [5, 5.41) is 5.07. The van der Waals surface area contributed by atoms with Crippen LogP contribution in [-0.2, 0) is 23.8 Å². The minimum absolute atomic E-state index is 0.0525. The second-order valence-corrected chi connectivity index (χ2v) is 6.81. The Labute approximate surface area is 163 Å². The fraction of sp³-hybridized carbons (Fsp3) is 0.474. The Kier molecular flexibility index (Phi) is 8.94. The summed E-state index contributed by atoms with van der Waals surface area (Å²) < 4.78 is 14.5. The maximum atomic E-state index is 11.8. The summed E-state index contributed by atoms with van der Waals surface area (Å²) >= 11 is 0. The lowest BCUT2D eigenvalue weighted by Gasteiger charge is -2.19. The average molecular weight is 394 g/mol. The fourth-order valence-electron chi connectivity index (χ4n) is 1.96. The largest absolute Gasteiger partial charge is 0.465 e. The molecule has 0 saturated heterocycles. The molecular formula is C19H26N2O7. The van der Waals surface area contributed by atoms with Crippen molar-refractivity contribution < 1.29 is 33.4 Å². The van der Waals surface area contributed by atoms with Crippen LogP contribution in [0.1, 0.15) is 44.0 Å². The van der Waals surface area contributed by atoms with Gasteiger partial charge in [-0.15, -0.1) is 0 Å². The Bertz CT molecular complexity index is 693. The maximum Gasteiger partial charge on any atom is 0.407 e. The number of hydrogen-bond donors (Lipinski definition) is 2. The number of benzene rings is 1. The summed E-state index contributed by atoms with van der Waals surface area (Å²) in [5.74, 6) is -1.54. The van der Waals surface area contributed by atoms with Gasteiger partial charge in [0.1, 0.15) is 5.60 Å². The Morgan fingerprint density at radius 2 is 1.68 bits per heavy atom. The van der Waals surface area contributed by atoms with Crippen LogP contribution >= 0.6 is 0 Å². The molecule has 0 saturated carbocycles. The zero-order chi connectivity index (χ0) is 21.2. The summed E-state index contributed by atoms with van der Waals surface area (Å²) in [5.41, 5.74) is 0.220. The molecule has 0 spiro atoms. The lowest BCUT2D eigenvalue weighted by Crippen LogP contribution is -2.33. The molecule has 0 fully saturated rings. The van der Waals surface area contributed by atoms with Crippen molar-refractivity contribution >= 4 is 29.6 Å². The number of carbonyl (C=O) groups is 4. The molecule has 0 aliphatic heterocycles. The van der Waals surface area contributed by atoms with Crippen molar-refractivity contribution in [1.82, 2.24) is 5.32 Å². The van der Waals surface area contributed by atoms with Gasteiger partial charge in [0.25, 0.3) is 5.91 Å². The van der Waals surface area contributed by atoms with Gasteiger partial charge in [-0.1, -0.05) is 0 Å². The summed E-state index contributed by atoms with van der Waals surface area (Å²) in [6.45, 7) is 5.08. The second-order valence-electron chi connectivity index (χ2n) is 6.81. The Hall–Kier alpha value is -3.10. The van der Waals surface area contributed by atoms with Crippen molar-refractivity contribution in [3.05, 3.63) is 29.8 Å². The predicted octanol–water partition coefficient (Wildman–Crippen LogP) is 2.26. The van der Waals surface area contributed by atoms with Gasteiger partial charge in [-0.05, 0) is 51.5 Å². The van der Waals surface area contributed by atoms with Gasteiger partial charge < -0.3 is 24.8 Å². The van der Waals surface area contributed by atoms with Crippen LogP contribution in [0.4, 0.5) is 10.5 Å². The third-order valence-electron chi connectivity index (χ3n) is 3.18. The van der Waals surface area contributed by atoms with E-state index in [-0.39, 0.29) is 13.0 Å². The average Bonchev–Trinajstić information content (AvgIpc) is 2.62. The van der Waals surface area contributed by atoms with Gasteiger partial charge in [0.05, 0.1) is 12.7 Å². The molecule has 0 radical (unpaired) electrons. The van der Waals surface area contributed by atoms with Gasteiger partial charge in [-0.3, -0.25) is 9.59 Å². The first-order chi connectivity index (χ1) is 13.1. The summed E-state index contributed by atoms with van der Waals surface area (Å²) in [4.78, 5) is 46.2. The highest BCUT2D eigenvalue weighted by Gasteiger charge is 2.15. The number of carbonyl (C=O) groups excluding carboxylic acids is 4. The van der Waals surface area contributed by atoms with Crippen LogP contribution in [0.2, 0.25) is 0 Å². The molecule has 0 heterocycles. The summed E-state index contributed by atoms with van der Waals surface area (Å²) in [6.07, 6.45) is -0.149.